The minimum absolute atomic E-state index is 0.0164. The third kappa shape index (κ3) is 4.70. The number of nitrogens with zero attached hydrogens (tertiary/aromatic N) is 3. The van der Waals surface area contributed by atoms with Crippen molar-refractivity contribution in [2.24, 2.45) is 0 Å². The summed E-state index contributed by atoms with van der Waals surface area (Å²) in [5, 5.41) is 0.797. The fourth-order valence-corrected chi connectivity index (χ4v) is 5.72. The Morgan fingerprint density at radius 1 is 1.34 bits per heavy atom. The molecule has 1 N–H and O–H groups in total. The number of thiophene rings is 1. The van der Waals surface area contributed by atoms with Gasteiger partial charge in [0, 0.05) is 43.0 Å². The molecule has 0 aliphatic heterocycles. The summed E-state index contributed by atoms with van der Waals surface area (Å²) in [4.78, 5) is 40.5. The Kier molecular flexibility index (Phi) is 6.30. The molecule has 3 aromatic rings. The van der Waals surface area contributed by atoms with Crippen LogP contribution in [0.15, 0.2) is 29.3 Å². The molecule has 1 amide bonds. The first-order valence-corrected chi connectivity index (χ1v) is 11.8. The molecule has 0 spiro atoms. The van der Waals surface area contributed by atoms with Crippen molar-refractivity contribution in [1.82, 2.24) is 19.9 Å². The van der Waals surface area contributed by atoms with Crippen molar-refractivity contribution in [1.29, 1.82) is 0 Å². The second-order valence-corrected chi connectivity index (χ2v) is 9.51. The highest BCUT2D eigenvalue weighted by Gasteiger charge is 2.19. The number of hydrogen-bond acceptors (Lipinski definition) is 6. The number of pyridine rings is 1. The van der Waals surface area contributed by atoms with E-state index in [1.54, 1.807) is 40.4 Å². The Morgan fingerprint density at radius 2 is 2.21 bits per heavy atom. The molecule has 0 fully saturated rings. The van der Waals surface area contributed by atoms with Crippen molar-refractivity contribution >= 4 is 39.2 Å². The first-order valence-electron chi connectivity index (χ1n) is 9.86. The van der Waals surface area contributed by atoms with Gasteiger partial charge in [-0.1, -0.05) is 6.07 Å². The Labute approximate surface area is 177 Å². The molecule has 0 radical (unpaired) electrons. The lowest BCUT2D eigenvalue weighted by Crippen LogP contribution is -2.26. The summed E-state index contributed by atoms with van der Waals surface area (Å²) in [7, 11) is 1.81. The first kappa shape index (κ1) is 20.1. The van der Waals surface area contributed by atoms with Gasteiger partial charge in [-0.05, 0) is 42.9 Å². The van der Waals surface area contributed by atoms with Crippen LogP contribution in [0.1, 0.15) is 41.1 Å². The lowest BCUT2D eigenvalue weighted by Gasteiger charge is -2.16. The molecule has 0 bridgehead atoms. The normalized spacial score (nSPS) is 13.4. The highest BCUT2D eigenvalue weighted by atomic mass is 32.2. The van der Waals surface area contributed by atoms with Gasteiger partial charge in [-0.15, -0.1) is 11.3 Å². The molecule has 3 aromatic heterocycles. The number of aromatic amines is 1. The molecule has 8 heteroatoms. The number of carbonyl (C=O) groups is 1. The maximum Gasteiger partial charge on any atom is 0.259 e. The minimum Gasteiger partial charge on any atom is -0.341 e. The number of amides is 1. The number of H-pyrrole nitrogens is 1. The predicted octanol–water partition coefficient (Wildman–Crippen LogP) is 3.54. The van der Waals surface area contributed by atoms with Crippen molar-refractivity contribution in [3.63, 3.8) is 0 Å². The van der Waals surface area contributed by atoms with Gasteiger partial charge in [0.1, 0.15) is 10.7 Å². The van der Waals surface area contributed by atoms with E-state index in [-0.39, 0.29) is 11.5 Å². The van der Waals surface area contributed by atoms with Crippen LogP contribution in [0.4, 0.5) is 0 Å². The van der Waals surface area contributed by atoms with Crippen LogP contribution in [-0.2, 0) is 29.9 Å². The molecular weight excluding hydrogens is 404 g/mol. The number of hydrogen-bond donors (Lipinski definition) is 1. The van der Waals surface area contributed by atoms with Gasteiger partial charge < -0.3 is 9.88 Å². The van der Waals surface area contributed by atoms with E-state index in [1.165, 1.54) is 16.9 Å². The van der Waals surface area contributed by atoms with Crippen LogP contribution >= 0.6 is 23.1 Å². The topological polar surface area (TPSA) is 79.0 Å². The van der Waals surface area contributed by atoms with Crippen LogP contribution in [0, 0.1) is 0 Å². The van der Waals surface area contributed by atoms with E-state index in [0.717, 1.165) is 35.0 Å². The zero-order valence-corrected chi connectivity index (χ0v) is 18.1. The average Bonchev–Trinajstić information content (AvgIpc) is 3.10. The van der Waals surface area contributed by atoms with Crippen LogP contribution < -0.4 is 5.56 Å². The predicted molar refractivity (Wildman–Crippen MR) is 118 cm³/mol. The van der Waals surface area contributed by atoms with Gasteiger partial charge in [-0.3, -0.25) is 14.6 Å². The maximum absolute atomic E-state index is 12.6. The Balaban J connectivity index is 1.31. The molecule has 0 aromatic carbocycles. The third-order valence-corrected chi connectivity index (χ3v) is 7.30. The van der Waals surface area contributed by atoms with Gasteiger partial charge in [0.15, 0.2) is 0 Å². The summed E-state index contributed by atoms with van der Waals surface area (Å²) in [6.07, 6.45) is 8.36. The monoisotopic (exact) mass is 428 g/mol. The smallest absolute Gasteiger partial charge is 0.259 e. The largest absolute Gasteiger partial charge is 0.341 e. The molecule has 0 atom stereocenters. The van der Waals surface area contributed by atoms with Gasteiger partial charge in [0.05, 0.1) is 11.1 Å². The highest BCUT2D eigenvalue weighted by molar-refractivity contribution is 7.98. The van der Waals surface area contributed by atoms with Crippen LogP contribution in [0.3, 0.4) is 0 Å². The molecule has 0 saturated carbocycles. The van der Waals surface area contributed by atoms with Crippen molar-refractivity contribution in [3.8, 4) is 0 Å². The van der Waals surface area contributed by atoms with Crippen molar-refractivity contribution in [2.75, 3.05) is 12.8 Å². The summed E-state index contributed by atoms with van der Waals surface area (Å²) in [5.41, 5.74) is 2.22. The second kappa shape index (κ2) is 9.09. The zero-order chi connectivity index (χ0) is 20.2. The van der Waals surface area contributed by atoms with E-state index >= 15 is 0 Å². The molecule has 152 valence electrons. The van der Waals surface area contributed by atoms with E-state index in [9.17, 15) is 9.59 Å². The molecular formula is C21H24N4O2S2. The number of aromatic nitrogens is 3. The molecule has 0 saturated heterocycles. The number of carbonyl (C=O) groups excluding carboxylic acids is 1. The quantitative estimate of drug-likeness (QED) is 0.582. The lowest BCUT2D eigenvalue weighted by atomic mass is 9.97. The molecule has 0 unspecified atom stereocenters. The lowest BCUT2D eigenvalue weighted by molar-refractivity contribution is -0.129. The van der Waals surface area contributed by atoms with Gasteiger partial charge in [0.2, 0.25) is 5.91 Å². The van der Waals surface area contributed by atoms with E-state index in [1.807, 2.05) is 19.2 Å². The first-order chi connectivity index (χ1) is 14.1. The van der Waals surface area contributed by atoms with Gasteiger partial charge in [0.25, 0.3) is 5.56 Å². The molecule has 1 aliphatic carbocycles. The van der Waals surface area contributed by atoms with E-state index < -0.39 is 0 Å². The summed E-state index contributed by atoms with van der Waals surface area (Å²) in [5.74, 6) is 2.10. The van der Waals surface area contributed by atoms with E-state index in [2.05, 4.69) is 15.0 Å². The number of fused-ring (bicyclic) bond motifs is 3. The van der Waals surface area contributed by atoms with Crippen LogP contribution in [0.25, 0.3) is 10.2 Å². The average molecular weight is 429 g/mol. The molecule has 6 nitrogen and oxygen atoms in total. The van der Waals surface area contributed by atoms with Crippen LogP contribution in [0.2, 0.25) is 0 Å². The number of rotatable bonds is 7. The van der Waals surface area contributed by atoms with E-state index in [4.69, 9.17) is 0 Å². The maximum atomic E-state index is 12.6. The SMILES string of the molecule is CN(Cc1cccnc1)C(=O)CCSCc1nc2sc3c(c2c(=O)[nH]1)CCCC3. The fraction of sp³-hybridized carbons (Fsp3) is 0.429. The fourth-order valence-electron chi connectivity index (χ4n) is 3.65. The number of nitrogens with one attached hydrogen (secondary N) is 1. The third-order valence-electron chi connectivity index (χ3n) is 5.14. The van der Waals surface area contributed by atoms with Crippen molar-refractivity contribution in [3.05, 3.63) is 56.7 Å². The summed E-state index contributed by atoms with van der Waals surface area (Å²) in [6.45, 7) is 0.561. The summed E-state index contributed by atoms with van der Waals surface area (Å²) in [6, 6.07) is 3.84. The van der Waals surface area contributed by atoms with Crippen molar-refractivity contribution in [2.45, 2.75) is 44.4 Å². The van der Waals surface area contributed by atoms with E-state index in [0.29, 0.717) is 30.3 Å². The standard InChI is InChI=1S/C21H24N4O2S2/c1-25(12-14-5-4-9-22-11-14)18(26)8-10-28-13-17-23-20(27)19-15-6-2-3-7-16(15)29-21(19)24-17/h4-5,9,11H,2-3,6-8,10,12-13H2,1H3,(H,23,24,27). The number of aryl methyl sites for hydroxylation is 2. The molecule has 3 heterocycles. The van der Waals surface area contributed by atoms with Gasteiger partial charge in [-0.2, -0.15) is 11.8 Å². The van der Waals surface area contributed by atoms with Gasteiger partial charge in [-0.25, -0.2) is 4.98 Å². The summed E-state index contributed by atoms with van der Waals surface area (Å²) < 4.78 is 0. The molecule has 1 aliphatic rings. The van der Waals surface area contributed by atoms with Gasteiger partial charge >= 0.3 is 0 Å². The molecule has 4 rings (SSSR count). The van der Waals surface area contributed by atoms with Crippen LogP contribution in [-0.4, -0.2) is 38.6 Å². The van der Waals surface area contributed by atoms with Crippen molar-refractivity contribution < 1.29 is 4.79 Å². The summed E-state index contributed by atoms with van der Waals surface area (Å²) >= 11 is 3.29. The Morgan fingerprint density at radius 3 is 3.03 bits per heavy atom. The Hall–Kier alpha value is -2.19. The second-order valence-electron chi connectivity index (χ2n) is 7.32. The Bertz CT molecular complexity index is 1060. The van der Waals surface area contributed by atoms with Crippen LogP contribution in [0.5, 0.6) is 0 Å². The number of thioether (sulfide) groups is 1. The zero-order valence-electron chi connectivity index (χ0n) is 16.4. The molecule has 29 heavy (non-hydrogen) atoms. The highest BCUT2D eigenvalue weighted by Crippen LogP contribution is 2.33. The minimum atomic E-state index is -0.0164.